The zero-order chi connectivity index (χ0) is 15.7. The monoisotopic (exact) mass is 292 g/mol. The van der Waals surface area contributed by atoms with E-state index < -0.39 is 6.09 Å². The summed E-state index contributed by atoms with van der Waals surface area (Å²) in [7, 11) is 0. The molecule has 5 heteroatoms. The highest BCUT2D eigenvalue weighted by Crippen LogP contribution is 2.15. The molecule has 0 fully saturated rings. The van der Waals surface area contributed by atoms with Crippen molar-refractivity contribution in [2.75, 3.05) is 31.1 Å². The smallest absolute Gasteiger partial charge is 0.414 e. The van der Waals surface area contributed by atoms with Gasteiger partial charge in [-0.15, -0.1) is 0 Å². The third-order valence-electron chi connectivity index (χ3n) is 3.22. The summed E-state index contributed by atoms with van der Waals surface area (Å²) in [4.78, 5) is 27.4. The molecule has 0 aliphatic rings. The van der Waals surface area contributed by atoms with Gasteiger partial charge >= 0.3 is 6.09 Å². The molecular formula is C16H24N2O3. The van der Waals surface area contributed by atoms with Crippen LogP contribution in [0.15, 0.2) is 30.3 Å². The van der Waals surface area contributed by atoms with Crippen molar-refractivity contribution in [3.05, 3.63) is 30.3 Å². The minimum atomic E-state index is -0.420. The SMILES string of the molecule is CCOC(=O)N(CCC(=O)N(CC)CC)c1ccccc1. The predicted octanol–water partition coefficient (Wildman–Crippen LogP) is 2.91. The molecule has 0 aromatic heterocycles. The molecule has 0 spiro atoms. The van der Waals surface area contributed by atoms with Crippen LogP contribution >= 0.6 is 0 Å². The van der Waals surface area contributed by atoms with Crippen LogP contribution < -0.4 is 4.90 Å². The van der Waals surface area contributed by atoms with Crippen molar-refractivity contribution in [1.82, 2.24) is 4.90 Å². The molecule has 0 aliphatic carbocycles. The molecule has 0 heterocycles. The second-order valence-corrected chi connectivity index (χ2v) is 4.50. The molecule has 1 rings (SSSR count). The molecule has 1 aromatic carbocycles. The summed E-state index contributed by atoms with van der Waals surface area (Å²) in [6, 6.07) is 9.26. The third-order valence-corrected chi connectivity index (χ3v) is 3.22. The number of rotatable bonds is 7. The Morgan fingerprint density at radius 1 is 1.05 bits per heavy atom. The van der Waals surface area contributed by atoms with Crippen LogP contribution in [0.5, 0.6) is 0 Å². The molecule has 116 valence electrons. The fraction of sp³-hybridized carbons (Fsp3) is 0.500. The van der Waals surface area contributed by atoms with Gasteiger partial charge in [0.1, 0.15) is 0 Å². The third kappa shape index (κ3) is 5.10. The van der Waals surface area contributed by atoms with Crippen LogP contribution in [0.4, 0.5) is 10.5 Å². The standard InChI is InChI=1S/C16H24N2O3/c1-4-17(5-2)15(19)12-13-18(16(20)21-6-3)14-10-8-7-9-11-14/h7-11H,4-6,12-13H2,1-3H3. The van der Waals surface area contributed by atoms with Crippen LogP contribution in [-0.2, 0) is 9.53 Å². The van der Waals surface area contributed by atoms with Crippen molar-refractivity contribution in [3.63, 3.8) is 0 Å². The van der Waals surface area contributed by atoms with Gasteiger partial charge in [0, 0.05) is 31.7 Å². The van der Waals surface area contributed by atoms with Crippen molar-refractivity contribution >= 4 is 17.7 Å². The van der Waals surface area contributed by atoms with Crippen LogP contribution in [0.2, 0.25) is 0 Å². The number of anilines is 1. The lowest BCUT2D eigenvalue weighted by Gasteiger charge is -2.24. The zero-order valence-electron chi connectivity index (χ0n) is 13.0. The Bertz CT molecular complexity index is 444. The van der Waals surface area contributed by atoms with Crippen LogP contribution in [-0.4, -0.2) is 43.1 Å². The van der Waals surface area contributed by atoms with Gasteiger partial charge in [0.25, 0.3) is 0 Å². The lowest BCUT2D eigenvalue weighted by atomic mass is 10.2. The summed E-state index contributed by atoms with van der Waals surface area (Å²) in [6.07, 6.45) is -0.133. The first-order valence-electron chi connectivity index (χ1n) is 7.41. The number of ether oxygens (including phenoxy) is 1. The summed E-state index contributed by atoms with van der Waals surface area (Å²) in [5.41, 5.74) is 0.739. The summed E-state index contributed by atoms with van der Waals surface area (Å²) >= 11 is 0. The Morgan fingerprint density at radius 3 is 2.19 bits per heavy atom. The zero-order valence-corrected chi connectivity index (χ0v) is 13.0. The Balaban J connectivity index is 2.75. The van der Waals surface area contributed by atoms with E-state index in [0.717, 1.165) is 5.69 Å². The van der Waals surface area contributed by atoms with Gasteiger partial charge in [-0.1, -0.05) is 18.2 Å². The second-order valence-electron chi connectivity index (χ2n) is 4.50. The molecule has 0 saturated carbocycles. The fourth-order valence-corrected chi connectivity index (χ4v) is 2.08. The molecule has 21 heavy (non-hydrogen) atoms. The van der Waals surface area contributed by atoms with E-state index in [9.17, 15) is 9.59 Å². The minimum Gasteiger partial charge on any atom is -0.449 e. The van der Waals surface area contributed by atoms with Crippen LogP contribution in [0, 0.1) is 0 Å². The molecule has 0 unspecified atom stereocenters. The fourth-order valence-electron chi connectivity index (χ4n) is 2.08. The van der Waals surface area contributed by atoms with E-state index >= 15 is 0 Å². The summed E-state index contributed by atoms with van der Waals surface area (Å²) < 4.78 is 5.07. The minimum absolute atomic E-state index is 0.0465. The van der Waals surface area contributed by atoms with Gasteiger partial charge in [-0.05, 0) is 32.9 Å². The van der Waals surface area contributed by atoms with Crippen molar-refractivity contribution in [2.24, 2.45) is 0 Å². The highest BCUT2D eigenvalue weighted by atomic mass is 16.6. The first-order valence-corrected chi connectivity index (χ1v) is 7.41. The number of nitrogens with zero attached hydrogens (tertiary/aromatic N) is 2. The molecule has 2 amide bonds. The number of para-hydroxylation sites is 1. The van der Waals surface area contributed by atoms with Gasteiger partial charge in [-0.2, -0.15) is 0 Å². The molecule has 0 saturated heterocycles. The van der Waals surface area contributed by atoms with Gasteiger partial charge in [0.2, 0.25) is 5.91 Å². The van der Waals surface area contributed by atoms with E-state index in [2.05, 4.69) is 0 Å². The van der Waals surface area contributed by atoms with E-state index in [4.69, 9.17) is 4.74 Å². The summed E-state index contributed by atoms with van der Waals surface area (Å²) in [5, 5.41) is 0. The number of hydrogen-bond donors (Lipinski definition) is 0. The van der Waals surface area contributed by atoms with Gasteiger partial charge in [-0.25, -0.2) is 4.79 Å². The molecule has 5 nitrogen and oxygen atoms in total. The Morgan fingerprint density at radius 2 is 1.67 bits per heavy atom. The van der Waals surface area contributed by atoms with E-state index in [1.807, 2.05) is 44.2 Å². The number of amides is 2. The normalized spacial score (nSPS) is 10.0. The Labute approximate surface area is 126 Å². The molecule has 0 N–H and O–H groups in total. The van der Waals surface area contributed by atoms with Crippen molar-refractivity contribution in [2.45, 2.75) is 27.2 Å². The van der Waals surface area contributed by atoms with E-state index in [0.29, 0.717) is 26.2 Å². The van der Waals surface area contributed by atoms with E-state index in [1.54, 1.807) is 11.8 Å². The predicted molar refractivity (Wildman–Crippen MR) is 83.4 cm³/mol. The van der Waals surface area contributed by atoms with Crippen LogP contribution in [0.25, 0.3) is 0 Å². The molecule has 1 aromatic rings. The second kappa shape index (κ2) is 9.00. The van der Waals surface area contributed by atoms with Crippen molar-refractivity contribution in [1.29, 1.82) is 0 Å². The van der Waals surface area contributed by atoms with Gasteiger partial charge < -0.3 is 9.64 Å². The Hall–Kier alpha value is -2.04. The molecule has 0 aliphatic heterocycles. The molecule has 0 bridgehead atoms. The highest BCUT2D eigenvalue weighted by Gasteiger charge is 2.19. The lowest BCUT2D eigenvalue weighted by Crippen LogP contribution is -2.37. The lowest BCUT2D eigenvalue weighted by molar-refractivity contribution is -0.130. The first-order chi connectivity index (χ1) is 10.1. The van der Waals surface area contributed by atoms with Gasteiger partial charge in [0.05, 0.1) is 6.61 Å². The highest BCUT2D eigenvalue weighted by molar-refractivity contribution is 5.88. The molecule has 0 atom stereocenters. The largest absolute Gasteiger partial charge is 0.449 e. The van der Waals surface area contributed by atoms with E-state index in [-0.39, 0.29) is 12.3 Å². The Kier molecular flexibility index (Phi) is 7.29. The number of carbonyl (C=O) groups is 2. The first kappa shape index (κ1) is 17.0. The average Bonchev–Trinajstić information content (AvgIpc) is 2.50. The average molecular weight is 292 g/mol. The maximum atomic E-state index is 12.1. The maximum absolute atomic E-state index is 12.1. The van der Waals surface area contributed by atoms with Crippen molar-refractivity contribution in [3.8, 4) is 0 Å². The van der Waals surface area contributed by atoms with Crippen molar-refractivity contribution < 1.29 is 14.3 Å². The van der Waals surface area contributed by atoms with E-state index in [1.165, 1.54) is 4.90 Å². The number of benzene rings is 1. The van der Waals surface area contributed by atoms with Gasteiger partial charge in [0.15, 0.2) is 0 Å². The van der Waals surface area contributed by atoms with Crippen LogP contribution in [0.1, 0.15) is 27.2 Å². The van der Waals surface area contributed by atoms with Gasteiger partial charge in [-0.3, -0.25) is 9.69 Å². The molecular weight excluding hydrogens is 268 g/mol. The maximum Gasteiger partial charge on any atom is 0.414 e. The topological polar surface area (TPSA) is 49.9 Å². The number of carbonyl (C=O) groups excluding carboxylic acids is 2. The summed E-state index contributed by atoms with van der Waals surface area (Å²) in [6.45, 7) is 7.65. The summed E-state index contributed by atoms with van der Waals surface area (Å²) in [5.74, 6) is 0.0465. The van der Waals surface area contributed by atoms with Crippen LogP contribution in [0.3, 0.4) is 0 Å². The molecule has 0 radical (unpaired) electrons. The quantitative estimate of drug-likeness (QED) is 0.776. The number of hydrogen-bond acceptors (Lipinski definition) is 3.